The largest absolute Gasteiger partial charge is 0.329 e. The van der Waals surface area contributed by atoms with Crippen molar-refractivity contribution in [1.29, 1.82) is 0 Å². The highest BCUT2D eigenvalue weighted by Gasteiger charge is 2.39. The van der Waals surface area contributed by atoms with Gasteiger partial charge in [0.25, 0.3) is 0 Å². The second-order valence-electron chi connectivity index (χ2n) is 7.01. The van der Waals surface area contributed by atoms with Crippen LogP contribution in [0.3, 0.4) is 0 Å². The predicted octanol–water partition coefficient (Wildman–Crippen LogP) is 4.32. The molecule has 0 radical (unpaired) electrons. The first kappa shape index (κ1) is 16.8. The predicted molar refractivity (Wildman–Crippen MR) is 91.5 cm³/mol. The molecular formula is C18H29ClN2. The van der Waals surface area contributed by atoms with Crippen LogP contribution in [-0.4, -0.2) is 24.0 Å². The lowest BCUT2D eigenvalue weighted by molar-refractivity contribution is 0.0396. The normalized spacial score (nSPS) is 26.5. The molecule has 0 amide bonds. The first-order valence-electron chi connectivity index (χ1n) is 8.12. The van der Waals surface area contributed by atoms with Crippen molar-refractivity contribution < 1.29 is 0 Å². The van der Waals surface area contributed by atoms with Crippen molar-refractivity contribution in [2.45, 2.75) is 51.6 Å². The van der Waals surface area contributed by atoms with Crippen molar-refractivity contribution in [3.05, 3.63) is 34.9 Å². The van der Waals surface area contributed by atoms with E-state index in [0.717, 1.165) is 29.9 Å². The summed E-state index contributed by atoms with van der Waals surface area (Å²) in [6.07, 6.45) is 5.10. The maximum absolute atomic E-state index is 6.22. The zero-order valence-electron chi connectivity index (χ0n) is 13.6. The lowest BCUT2D eigenvalue weighted by atomic mass is 9.71. The van der Waals surface area contributed by atoms with E-state index in [4.69, 9.17) is 17.3 Å². The molecule has 0 spiro atoms. The van der Waals surface area contributed by atoms with Crippen molar-refractivity contribution in [2.75, 3.05) is 13.6 Å². The SMILES string of the molecule is CC(C)C1CCCC(CN)(N(C)Cc2ccc(Cl)cc2)C1. The molecule has 0 heterocycles. The van der Waals surface area contributed by atoms with Crippen LogP contribution < -0.4 is 5.73 Å². The maximum Gasteiger partial charge on any atom is 0.0406 e. The average Bonchev–Trinajstić information content (AvgIpc) is 2.49. The third kappa shape index (κ3) is 4.00. The fourth-order valence-electron chi connectivity index (χ4n) is 3.67. The van der Waals surface area contributed by atoms with Crippen LogP contribution in [-0.2, 0) is 6.54 Å². The molecule has 2 nitrogen and oxygen atoms in total. The minimum absolute atomic E-state index is 0.160. The average molecular weight is 309 g/mol. The summed E-state index contributed by atoms with van der Waals surface area (Å²) in [6, 6.07) is 8.17. The maximum atomic E-state index is 6.22. The third-order valence-electron chi connectivity index (χ3n) is 5.32. The molecule has 1 aromatic rings. The van der Waals surface area contributed by atoms with E-state index in [9.17, 15) is 0 Å². The van der Waals surface area contributed by atoms with Gasteiger partial charge >= 0.3 is 0 Å². The summed E-state index contributed by atoms with van der Waals surface area (Å²) in [4.78, 5) is 2.48. The Labute approximate surface area is 134 Å². The lowest BCUT2D eigenvalue weighted by Gasteiger charge is -2.47. The molecular weight excluding hydrogens is 280 g/mol. The van der Waals surface area contributed by atoms with Crippen molar-refractivity contribution in [3.8, 4) is 0 Å². The van der Waals surface area contributed by atoms with Gasteiger partial charge in [-0.2, -0.15) is 0 Å². The quantitative estimate of drug-likeness (QED) is 0.878. The molecule has 2 unspecified atom stereocenters. The van der Waals surface area contributed by atoms with Crippen LogP contribution in [0.5, 0.6) is 0 Å². The molecule has 0 bridgehead atoms. The standard InChI is InChI=1S/C18H29ClN2/c1-14(2)16-5-4-10-18(11-16,13-20)21(3)12-15-6-8-17(19)9-7-15/h6-9,14,16H,4-5,10-13,20H2,1-3H3. The first-order valence-corrected chi connectivity index (χ1v) is 8.50. The van der Waals surface area contributed by atoms with E-state index < -0.39 is 0 Å². The van der Waals surface area contributed by atoms with E-state index in [0.29, 0.717) is 0 Å². The van der Waals surface area contributed by atoms with Gasteiger partial charge in [-0.05, 0) is 49.4 Å². The highest BCUT2D eigenvalue weighted by atomic mass is 35.5. The highest BCUT2D eigenvalue weighted by molar-refractivity contribution is 6.30. The van der Waals surface area contributed by atoms with Gasteiger partial charge < -0.3 is 5.73 Å². The highest BCUT2D eigenvalue weighted by Crippen LogP contribution is 2.39. The Morgan fingerprint density at radius 2 is 2.00 bits per heavy atom. The fraction of sp³-hybridized carbons (Fsp3) is 0.667. The molecule has 1 fully saturated rings. The molecule has 2 N–H and O–H groups in total. The van der Waals surface area contributed by atoms with Gasteiger partial charge in [0, 0.05) is 23.7 Å². The lowest BCUT2D eigenvalue weighted by Crippen LogP contribution is -2.54. The summed E-state index contributed by atoms with van der Waals surface area (Å²) in [7, 11) is 2.23. The first-order chi connectivity index (χ1) is 9.97. The molecule has 0 aromatic heterocycles. The Kier molecular flexibility index (Phi) is 5.70. The second kappa shape index (κ2) is 7.13. The van der Waals surface area contributed by atoms with Gasteiger partial charge in [-0.15, -0.1) is 0 Å². The van der Waals surface area contributed by atoms with Crippen LogP contribution >= 0.6 is 11.6 Å². The topological polar surface area (TPSA) is 29.3 Å². The molecule has 2 atom stereocenters. The van der Waals surface area contributed by atoms with Gasteiger partial charge in [-0.25, -0.2) is 0 Å². The molecule has 21 heavy (non-hydrogen) atoms. The van der Waals surface area contributed by atoms with Gasteiger partial charge in [-0.1, -0.05) is 50.4 Å². The van der Waals surface area contributed by atoms with Crippen molar-refractivity contribution in [3.63, 3.8) is 0 Å². The van der Waals surface area contributed by atoms with Crippen LogP contribution in [0.2, 0.25) is 5.02 Å². The van der Waals surface area contributed by atoms with Gasteiger partial charge in [0.1, 0.15) is 0 Å². The van der Waals surface area contributed by atoms with E-state index in [-0.39, 0.29) is 5.54 Å². The van der Waals surface area contributed by atoms with Crippen molar-refractivity contribution in [1.82, 2.24) is 4.90 Å². The number of rotatable bonds is 5. The number of nitrogens with two attached hydrogens (primary N) is 1. The Bertz CT molecular complexity index is 443. The van der Waals surface area contributed by atoms with Gasteiger partial charge in [0.05, 0.1) is 0 Å². The zero-order chi connectivity index (χ0) is 15.5. The zero-order valence-corrected chi connectivity index (χ0v) is 14.4. The molecule has 0 saturated heterocycles. The van der Waals surface area contributed by atoms with Gasteiger partial charge in [-0.3, -0.25) is 4.90 Å². The fourth-order valence-corrected chi connectivity index (χ4v) is 3.80. The summed E-state index contributed by atoms with van der Waals surface area (Å²) < 4.78 is 0. The number of nitrogens with zero attached hydrogens (tertiary/aromatic N) is 1. The third-order valence-corrected chi connectivity index (χ3v) is 5.58. The van der Waals surface area contributed by atoms with Crippen LogP contribution in [0, 0.1) is 11.8 Å². The van der Waals surface area contributed by atoms with Crippen LogP contribution in [0.4, 0.5) is 0 Å². The van der Waals surface area contributed by atoms with Crippen molar-refractivity contribution >= 4 is 11.6 Å². The van der Waals surface area contributed by atoms with Gasteiger partial charge in [0.2, 0.25) is 0 Å². The number of benzene rings is 1. The number of hydrogen-bond donors (Lipinski definition) is 1. The van der Waals surface area contributed by atoms with E-state index in [2.05, 4.69) is 37.9 Å². The van der Waals surface area contributed by atoms with Crippen molar-refractivity contribution in [2.24, 2.45) is 17.6 Å². The molecule has 1 aromatic carbocycles. The smallest absolute Gasteiger partial charge is 0.0406 e. The minimum atomic E-state index is 0.160. The van der Waals surface area contributed by atoms with E-state index in [1.54, 1.807) is 0 Å². The number of halogens is 1. The van der Waals surface area contributed by atoms with Gasteiger partial charge in [0.15, 0.2) is 0 Å². The van der Waals surface area contributed by atoms with Crippen LogP contribution in [0.15, 0.2) is 24.3 Å². The monoisotopic (exact) mass is 308 g/mol. The summed E-state index contributed by atoms with van der Waals surface area (Å²) in [5, 5.41) is 0.799. The Morgan fingerprint density at radius 1 is 1.33 bits per heavy atom. The Balaban J connectivity index is 2.09. The van der Waals surface area contributed by atoms with Crippen LogP contribution in [0.1, 0.15) is 45.1 Å². The summed E-state index contributed by atoms with van der Waals surface area (Å²) in [5.41, 5.74) is 7.68. The summed E-state index contributed by atoms with van der Waals surface area (Å²) >= 11 is 5.97. The molecule has 2 rings (SSSR count). The molecule has 1 saturated carbocycles. The van der Waals surface area contributed by atoms with E-state index in [1.807, 2.05) is 12.1 Å². The molecule has 1 aliphatic rings. The summed E-state index contributed by atoms with van der Waals surface area (Å²) in [6.45, 7) is 6.38. The molecule has 0 aliphatic heterocycles. The number of hydrogen-bond acceptors (Lipinski definition) is 2. The van der Waals surface area contributed by atoms with E-state index in [1.165, 1.54) is 31.2 Å². The molecule has 118 valence electrons. The molecule has 1 aliphatic carbocycles. The Morgan fingerprint density at radius 3 is 2.57 bits per heavy atom. The minimum Gasteiger partial charge on any atom is -0.329 e. The second-order valence-corrected chi connectivity index (χ2v) is 7.45. The van der Waals surface area contributed by atoms with E-state index >= 15 is 0 Å². The number of likely N-dealkylation sites (N-methyl/N-ethyl adjacent to an activating group) is 1. The molecule has 3 heteroatoms. The Hall–Kier alpha value is -0.570. The summed E-state index contributed by atoms with van der Waals surface area (Å²) in [5.74, 6) is 1.55. The van der Waals surface area contributed by atoms with Crippen LogP contribution in [0.25, 0.3) is 0 Å².